The van der Waals surface area contributed by atoms with Crippen LogP contribution in [0.2, 0.25) is 0 Å². The first-order valence-corrected chi connectivity index (χ1v) is 11.4. The number of hydrogen-bond acceptors (Lipinski definition) is 4. The summed E-state index contributed by atoms with van der Waals surface area (Å²) in [5.74, 6) is 0.486. The Labute approximate surface area is 200 Å². The number of allylic oxidation sites excluding steroid dienone is 1. The minimum absolute atomic E-state index is 0.110. The van der Waals surface area contributed by atoms with E-state index in [9.17, 15) is 9.59 Å². The van der Waals surface area contributed by atoms with Crippen molar-refractivity contribution in [3.63, 3.8) is 0 Å². The molecule has 1 amide bonds. The van der Waals surface area contributed by atoms with Gasteiger partial charge in [0.2, 0.25) is 0 Å². The zero-order valence-corrected chi connectivity index (χ0v) is 20.3. The van der Waals surface area contributed by atoms with Gasteiger partial charge in [-0.15, -0.1) is 0 Å². The Morgan fingerprint density at radius 2 is 1.68 bits per heavy atom. The van der Waals surface area contributed by atoms with Crippen LogP contribution < -0.4 is 15.4 Å². The number of methoxy groups -OCH3 is 1. The molecule has 1 aliphatic rings. The summed E-state index contributed by atoms with van der Waals surface area (Å²) in [4.78, 5) is 25.9. The van der Waals surface area contributed by atoms with E-state index < -0.39 is 0 Å². The second-order valence-corrected chi connectivity index (χ2v) is 9.43. The molecular weight excluding hydrogens is 424 g/mol. The number of benzene rings is 3. The van der Waals surface area contributed by atoms with Gasteiger partial charge in [0.15, 0.2) is 5.78 Å². The summed E-state index contributed by atoms with van der Waals surface area (Å²) in [7, 11) is 1.64. The van der Waals surface area contributed by atoms with E-state index in [1.165, 1.54) is 5.56 Å². The van der Waals surface area contributed by atoms with Gasteiger partial charge in [0, 0.05) is 39.7 Å². The van der Waals surface area contributed by atoms with Gasteiger partial charge in [0.25, 0.3) is 5.91 Å². The lowest BCUT2D eigenvalue weighted by Crippen LogP contribution is -2.43. The minimum Gasteiger partial charge on any atom is -0.497 e. The van der Waals surface area contributed by atoms with E-state index in [1.54, 1.807) is 37.5 Å². The van der Waals surface area contributed by atoms with Gasteiger partial charge in [-0.2, -0.15) is 0 Å². The van der Waals surface area contributed by atoms with Crippen molar-refractivity contribution >= 4 is 23.1 Å². The topological polar surface area (TPSA) is 67.4 Å². The van der Waals surface area contributed by atoms with Crippen molar-refractivity contribution < 1.29 is 14.3 Å². The fourth-order valence-corrected chi connectivity index (χ4v) is 4.45. The third-order valence-corrected chi connectivity index (χ3v) is 6.12. The summed E-state index contributed by atoms with van der Waals surface area (Å²) in [5, 5.41) is 6.43. The van der Waals surface area contributed by atoms with Crippen molar-refractivity contribution in [2.45, 2.75) is 39.7 Å². The number of fused-ring (bicyclic) bond motifs is 1. The molecule has 0 spiro atoms. The van der Waals surface area contributed by atoms with E-state index in [-0.39, 0.29) is 17.2 Å². The summed E-state index contributed by atoms with van der Waals surface area (Å²) in [6, 6.07) is 18.7. The lowest BCUT2D eigenvalue weighted by molar-refractivity contribution is 0.102. The highest BCUT2D eigenvalue weighted by molar-refractivity contribution is 6.09. The Balaban J connectivity index is 1.56. The molecular formula is C29H30N2O3. The minimum atomic E-state index is -0.171. The molecule has 174 valence electrons. The Bertz CT molecular complexity index is 1270. The molecule has 0 fully saturated rings. The zero-order chi connectivity index (χ0) is 24.5. The average molecular weight is 455 g/mol. The Hall–Kier alpha value is -3.86. The molecule has 0 saturated heterocycles. The number of ketones is 1. The predicted octanol–water partition coefficient (Wildman–Crippen LogP) is 5.71. The fraction of sp³-hybridized carbons (Fsp3) is 0.241. The number of hydrogen-bond donors (Lipinski definition) is 2. The Kier molecular flexibility index (Phi) is 6.29. The Morgan fingerprint density at radius 3 is 2.32 bits per heavy atom. The first-order chi connectivity index (χ1) is 16.2. The van der Waals surface area contributed by atoms with Crippen molar-refractivity contribution in [2.75, 3.05) is 12.4 Å². The number of ether oxygens (including phenoxy) is 1. The normalized spacial score (nSPS) is 15.3. The second-order valence-electron chi connectivity index (χ2n) is 9.43. The van der Waals surface area contributed by atoms with E-state index in [2.05, 4.69) is 30.5 Å². The molecule has 0 atom stereocenters. The van der Waals surface area contributed by atoms with Crippen molar-refractivity contribution in [1.29, 1.82) is 0 Å². The van der Waals surface area contributed by atoms with Crippen LogP contribution in [-0.4, -0.2) is 24.3 Å². The van der Waals surface area contributed by atoms with Crippen LogP contribution in [0.3, 0.4) is 0 Å². The number of aryl methyl sites for hydroxylation is 2. The highest BCUT2D eigenvalue weighted by atomic mass is 16.5. The molecule has 5 nitrogen and oxygen atoms in total. The van der Waals surface area contributed by atoms with Crippen LogP contribution in [0.5, 0.6) is 5.75 Å². The zero-order valence-electron chi connectivity index (χ0n) is 20.3. The molecule has 1 aliphatic heterocycles. The SMILES string of the molecule is COc1ccc2c(c1)C(=CC(=O)c1ccc(NC(=O)c3c(C)cccc3C)cc1)NC(C)(C)C2. The lowest BCUT2D eigenvalue weighted by atomic mass is 9.85. The molecule has 0 bridgehead atoms. The molecule has 4 rings (SSSR count). The predicted molar refractivity (Wildman–Crippen MR) is 137 cm³/mol. The summed E-state index contributed by atoms with van der Waals surface area (Å²) in [6.07, 6.45) is 2.50. The molecule has 5 heteroatoms. The smallest absolute Gasteiger partial charge is 0.256 e. The first-order valence-electron chi connectivity index (χ1n) is 11.4. The summed E-state index contributed by atoms with van der Waals surface area (Å²) in [5.41, 5.74) is 6.48. The molecule has 3 aromatic rings. The molecule has 1 heterocycles. The molecule has 0 radical (unpaired) electrons. The van der Waals surface area contributed by atoms with E-state index in [0.29, 0.717) is 16.8 Å². The van der Waals surface area contributed by atoms with Crippen LogP contribution in [0.1, 0.15) is 56.8 Å². The monoisotopic (exact) mass is 454 g/mol. The van der Waals surface area contributed by atoms with Gasteiger partial charge in [0.05, 0.1) is 7.11 Å². The maximum Gasteiger partial charge on any atom is 0.256 e. The van der Waals surface area contributed by atoms with E-state index in [1.807, 2.05) is 44.2 Å². The molecule has 0 aliphatic carbocycles. The molecule has 0 aromatic heterocycles. The first kappa shape index (κ1) is 23.3. The molecule has 34 heavy (non-hydrogen) atoms. The molecule has 0 unspecified atom stereocenters. The number of carbonyl (C=O) groups is 2. The van der Waals surface area contributed by atoms with Crippen molar-refractivity contribution in [1.82, 2.24) is 5.32 Å². The summed E-state index contributed by atoms with van der Waals surface area (Å²) >= 11 is 0. The van der Waals surface area contributed by atoms with Crippen LogP contribution in [-0.2, 0) is 6.42 Å². The van der Waals surface area contributed by atoms with Gasteiger partial charge in [-0.05, 0) is 87.2 Å². The number of anilines is 1. The van der Waals surface area contributed by atoms with Crippen LogP contribution in [0.4, 0.5) is 5.69 Å². The van der Waals surface area contributed by atoms with Crippen LogP contribution in [0.15, 0.2) is 66.7 Å². The maximum atomic E-state index is 13.1. The highest BCUT2D eigenvalue weighted by Crippen LogP contribution is 2.32. The number of nitrogens with one attached hydrogen (secondary N) is 2. The van der Waals surface area contributed by atoms with Crippen LogP contribution in [0, 0.1) is 13.8 Å². The van der Waals surface area contributed by atoms with Gasteiger partial charge in [-0.3, -0.25) is 9.59 Å². The van der Waals surface area contributed by atoms with Gasteiger partial charge in [-0.25, -0.2) is 0 Å². The summed E-state index contributed by atoms with van der Waals surface area (Å²) < 4.78 is 5.39. The number of carbonyl (C=O) groups excluding carboxylic acids is 2. The van der Waals surface area contributed by atoms with Gasteiger partial charge in [-0.1, -0.05) is 24.3 Å². The molecule has 3 aromatic carbocycles. The largest absolute Gasteiger partial charge is 0.497 e. The van der Waals surface area contributed by atoms with Gasteiger partial charge in [0.1, 0.15) is 5.75 Å². The van der Waals surface area contributed by atoms with E-state index >= 15 is 0 Å². The van der Waals surface area contributed by atoms with Gasteiger partial charge < -0.3 is 15.4 Å². The van der Waals surface area contributed by atoms with E-state index in [0.717, 1.165) is 34.6 Å². The lowest BCUT2D eigenvalue weighted by Gasteiger charge is -2.35. The maximum absolute atomic E-state index is 13.1. The fourth-order valence-electron chi connectivity index (χ4n) is 4.45. The molecule has 0 saturated carbocycles. The van der Waals surface area contributed by atoms with Crippen LogP contribution >= 0.6 is 0 Å². The third kappa shape index (κ3) is 4.88. The number of rotatable bonds is 5. The standard InChI is InChI=1S/C29H30N2O3/c1-18-7-6-8-19(2)27(18)28(33)30-22-12-9-20(10-13-22)26(32)16-25-24-15-23(34-5)14-11-21(24)17-29(3,4)31-25/h6-16,31H,17H2,1-5H3,(H,30,33). The van der Waals surface area contributed by atoms with Crippen LogP contribution in [0.25, 0.3) is 5.70 Å². The van der Waals surface area contributed by atoms with E-state index in [4.69, 9.17) is 4.74 Å². The number of amides is 1. The van der Waals surface area contributed by atoms with Gasteiger partial charge >= 0.3 is 0 Å². The molecule has 2 N–H and O–H groups in total. The van der Waals surface area contributed by atoms with Crippen molar-refractivity contribution in [3.8, 4) is 5.75 Å². The van der Waals surface area contributed by atoms with Crippen molar-refractivity contribution in [2.24, 2.45) is 0 Å². The van der Waals surface area contributed by atoms with Crippen molar-refractivity contribution in [3.05, 3.63) is 100 Å². The third-order valence-electron chi connectivity index (χ3n) is 6.12. The quantitative estimate of drug-likeness (QED) is 0.383. The Morgan fingerprint density at radius 1 is 1.00 bits per heavy atom. The highest BCUT2D eigenvalue weighted by Gasteiger charge is 2.28. The second kappa shape index (κ2) is 9.18. The summed E-state index contributed by atoms with van der Waals surface area (Å²) in [6.45, 7) is 8.08. The average Bonchev–Trinajstić information content (AvgIpc) is 2.78.